The van der Waals surface area contributed by atoms with Gasteiger partial charge in [0.2, 0.25) is 0 Å². The predicted octanol–water partition coefficient (Wildman–Crippen LogP) is 17.3. The maximum Gasteiger partial charge on any atom is 0.472 e. The summed E-state index contributed by atoms with van der Waals surface area (Å²) < 4.78 is 33.6. The number of nitrogens with two attached hydrogens (primary N) is 1. The smallest absolute Gasteiger partial charge is 0.457 e. The molecule has 0 radical (unpaired) electrons. The van der Waals surface area contributed by atoms with Gasteiger partial charge in [-0.25, -0.2) is 4.57 Å². The van der Waals surface area contributed by atoms with Crippen LogP contribution < -0.4 is 5.73 Å². The fourth-order valence-corrected chi connectivity index (χ4v) is 8.73. The minimum atomic E-state index is -4.28. The maximum absolute atomic E-state index is 12.7. The Balaban J connectivity index is 3.88. The molecule has 0 aliphatic rings. The van der Waals surface area contributed by atoms with Crippen LogP contribution in [0.2, 0.25) is 0 Å². The predicted molar refractivity (Wildman–Crippen MR) is 275 cm³/mol. The van der Waals surface area contributed by atoms with Gasteiger partial charge in [0.1, 0.15) is 6.10 Å². The van der Waals surface area contributed by atoms with Crippen LogP contribution in [0.15, 0.2) is 36.5 Å². The molecule has 2 unspecified atom stereocenters. The van der Waals surface area contributed by atoms with E-state index in [2.05, 4.69) is 50.3 Å². The molecule has 0 aromatic carbocycles. The van der Waals surface area contributed by atoms with Crippen molar-refractivity contribution in [3.05, 3.63) is 36.5 Å². The lowest BCUT2D eigenvalue weighted by molar-refractivity contribution is -0.154. The lowest BCUT2D eigenvalue weighted by Crippen LogP contribution is -2.28. The number of carbonyl (C=O) groups excluding carboxylic acids is 1. The van der Waals surface area contributed by atoms with Crippen molar-refractivity contribution in [2.24, 2.45) is 5.73 Å². The van der Waals surface area contributed by atoms with Crippen molar-refractivity contribution < 1.29 is 32.8 Å². The van der Waals surface area contributed by atoms with E-state index >= 15 is 0 Å². The first kappa shape index (κ1) is 62.7. The standard InChI is InChI=1S/C55H106NO7P/c1-3-5-7-9-11-13-15-17-19-21-23-25-26-27-28-29-30-32-34-36-38-40-42-44-46-48-55(57)63-54(53-62-64(58,59)61-51-49-56)52-60-50-47-45-43-41-39-37-35-33-31-24-22-20-18-16-14-12-10-8-6-4-2/h12,14,18,20-21,23,54H,3-11,13,15-17,19,22,24-53,56H2,1-2H3,(H,58,59)/b14-12-,20-18-,23-21-. The SMILES string of the molecule is CCCCC/C=C\C/C=C\CCCCCCCCCCCCOCC(COP(=O)(O)OCCN)OC(=O)CCCCCCCCCCCCCCC/C=C\CCCCCCCCCC. The minimum Gasteiger partial charge on any atom is -0.457 e. The van der Waals surface area contributed by atoms with Gasteiger partial charge in [0.25, 0.3) is 0 Å². The molecule has 0 amide bonds. The topological polar surface area (TPSA) is 117 Å². The fourth-order valence-electron chi connectivity index (χ4n) is 7.97. The lowest BCUT2D eigenvalue weighted by atomic mass is 10.0. The van der Waals surface area contributed by atoms with Crippen molar-refractivity contribution in [1.82, 2.24) is 0 Å². The third-order valence-electron chi connectivity index (χ3n) is 12.0. The zero-order valence-corrected chi connectivity index (χ0v) is 43.2. The van der Waals surface area contributed by atoms with Crippen LogP contribution in [0.1, 0.15) is 271 Å². The molecule has 0 saturated carbocycles. The van der Waals surface area contributed by atoms with Crippen LogP contribution in [0.25, 0.3) is 0 Å². The number of ether oxygens (including phenoxy) is 2. The average molecular weight is 924 g/mol. The second-order valence-electron chi connectivity index (χ2n) is 18.4. The molecule has 378 valence electrons. The van der Waals surface area contributed by atoms with Crippen LogP contribution in [0.5, 0.6) is 0 Å². The van der Waals surface area contributed by atoms with Crippen molar-refractivity contribution in [3.8, 4) is 0 Å². The Kier molecular flexibility index (Phi) is 51.6. The number of esters is 1. The molecule has 0 aromatic heterocycles. The summed E-state index contributed by atoms with van der Waals surface area (Å²) in [4.78, 5) is 22.6. The molecule has 0 fully saturated rings. The number of hydrogen-bond donors (Lipinski definition) is 2. The first-order valence-corrected chi connectivity index (χ1v) is 29.0. The zero-order valence-electron chi connectivity index (χ0n) is 42.3. The summed E-state index contributed by atoms with van der Waals surface area (Å²) in [5, 5.41) is 0. The monoisotopic (exact) mass is 924 g/mol. The summed E-state index contributed by atoms with van der Waals surface area (Å²) in [6.07, 6.45) is 63.3. The van der Waals surface area contributed by atoms with Gasteiger partial charge in [-0.15, -0.1) is 0 Å². The molecule has 0 heterocycles. The van der Waals surface area contributed by atoms with Crippen molar-refractivity contribution in [1.29, 1.82) is 0 Å². The molecule has 64 heavy (non-hydrogen) atoms. The van der Waals surface area contributed by atoms with Gasteiger partial charge >= 0.3 is 13.8 Å². The van der Waals surface area contributed by atoms with E-state index in [-0.39, 0.29) is 32.3 Å². The maximum atomic E-state index is 12.7. The highest BCUT2D eigenvalue weighted by molar-refractivity contribution is 7.47. The van der Waals surface area contributed by atoms with Crippen molar-refractivity contribution in [2.75, 3.05) is 33.0 Å². The first-order valence-electron chi connectivity index (χ1n) is 27.5. The van der Waals surface area contributed by atoms with E-state index in [1.807, 2.05) is 0 Å². The number of allylic oxidation sites excluding steroid dienone is 6. The molecule has 0 saturated heterocycles. The number of hydrogen-bond acceptors (Lipinski definition) is 7. The summed E-state index contributed by atoms with van der Waals surface area (Å²) in [7, 11) is -4.28. The number of phosphoric ester groups is 1. The Hall–Kier alpha value is -1.28. The molecular formula is C55H106NO7P. The van der Waals surface area contributed by atoms with Crippen molar-refractivity contribution >= 4 is 13.8 Å². The third-order valence-corrected chi connectivity index (χ3v) is 13.0. The van der Waals surface area contributed by atoms with Gasteiger partial charge < -0.3 is 20.1 Å². The molecule has 2 atom stereocenters. The van der Waals surface area contributed by atoms with E-state index in [9.17, 15) is 14.3 Å². The van der Waals surface area contributed by atoms with Crippen LogP contribution in [0.3, 0.4) is 0 Å². The van der Waals surface area contributed by atoms with Crippen LogP contribution in [-0.4, -0.2) is 49.9 Å². The number of carbonyl (C=O) groups is 1. The molecule has 0 bridgehead atoms. The quantitative estimate of drug-likeness (QED) is 0.0268. The zero-order chi connectivity index (χ0) is 46.5. The molecule has 8 nitrogen and oxygen atoms in total. The van der Waals surface area contributed by atoms with Gasteiger partial charge in [-0.05, 0) is 70.6 Å². The Morgan fingerprint density at radius 2 is 0.828 bits per heavy atom. The molecule has 3 N–H and O–H groups in total. The summed E-state index contributed by atoms with van der Waals surface area (Å²) in [6, 6.07) is 0. The normalized spacial score (nSPS) is 13.5. The third kappa shape index (κ3) is 51.7. The van der Waals surface area contributed by atoms with Crippen molar-refractivity contribution in [2.45, 2.75) is 277 Å². The van der Waals surface area contributed by atoms with Gasteiger partial charge in [-0.1, -0.05) is 230 Å². The highest BCUT2D eigenvalue weighted by Gasteiger charge is 2.25. The Bertz CT molecular complexity index is 1080. The highest BCUT2D eigenvalue weighted by Crippen LogP contribution is 2.43. The van der Waals surface area contributed by atoms with Gasteiger partial charge in [-0.2, -0.15) is 0 Å². The van der Waals surface area contributed by atoms with Gasteiger partial charge in [0.15, 0.2) is 0 Å². The van der Waals surface area contributed by atoms with E-state index in [0.29, 0.717) is 13.0 Å². The van der Waals surface area contributed by atoms with Gasteiger partial charge in [0, 0.05) is 19.6 Å². The number of phosphoric acid groups is 1. The van der Waals surface area contributed by atoms with Gasteiger partial charge in [-0.3, -0.25) is 13.8 Å². The van der Waals surface area contributed by atoms with E-state index < -0.39 is 13.9 Å². The van der Waals surface area contributed by atoms with Crippen LogP contribution >= 0.6 is 7.82 Å². The van der Waals surface area contributed by atoms with E-state index in [4.69, 9.17) is 24.3 Å². The highest BCUT2D eigenvalue weighted by atomic mass is 31.2. The summed E-state index contributed by atoms with van der Waals surface area (Å²) in [5.74, 6) is -0.327. The van der Waals surface area contributed by atoms with Crippen LogP contribution in [0.4, 0.5) is 0 Å². The average Bonchev–Trinajstić information content (AvgIpc) is 3.29. The molecule has 0 aliphatic carbocycles. The molecule has 9 heteroatoms. The number of rotatable bonds is 53. The second kappa shape index (κ2) is 52.7. The minimum absolute atomic E-state index is 0.0950. The molecule has 0 rings (SSSR count). The summed E-state index contributed by atoms with van der Waals surface area (Å²) in [5.41, 5.74) is 5.40. The summed E-state index contributed by atoms with van der Waals surface area (Å²) >= 11 is 0. The van der Waals surface area contributed by atoms with E-state index in [1.165, 1.54) is 212 Å². The first-order chi connectivity index (χ1) is 31.4. The summed E-state index contributed by atoms with van der Waals surface area (Å²) in [6.45, 7) is 4.94. The largest absolute Gasteiger partial charge is 0.472 e. The van der Waals surface area contributed by atoms with E-state index in [1.54, 1.807) is 0 Å². The second-order valence-corrected chi connectivity index (χ2v) is 19.9. The molecule has 0 aliphatic heterocycles. The molecule has 0 aromatic rings. The van der Waals surface area contributed by atoms with Crippen molar-refractivity contribution in [3.63, 3.8) is 0 Å². The molecule has 0 spiro atoms. The number of unbranched alkanes of at least 4 members (excludes halogenated alkanes) is 34. The van der Waals surface area contributed by atoms with Gasteiger partial charge in [0.05, 0.1) is 19.8 Å². The Morgan fingerprint density at radius 1 is 0.469 bits per heavy atom. The Labute approximate surface area is 397 Å². The lowest BCUT2D eigenvalue weighted by Gasteiger charge is -2.20. The van der Waals surface area contributed by atoms with Crippen LogP contribution in [0, 0.1) is 0 Å². The van der Waals surface area contributed by atoms with Crippen LogP contribution in [-0.2, 0) is 27.9 Å². The van der Waals surface area contributed by atoms with E-state index in [0.717, 1.165) is 38.5 Å². The molecular weight excluding hydrogens is 818 g/mol. The fraction of sp³-hybridized carbons (Fsp3) is 0.873. The Morgan fingerprint density at radius 3 is 1.27 bits per heavy atom.